The number of likely N-dealkylation sites (N-methyl/N-ethyl adjacent to an activating group) is 1. The lowest BCUT2D eigenvalue weighted by Gasteiger charge is -2.31. The molecular formula is C11H17N2O6P. The Kier molecular flexibility index (Phi) is 5.01. The predicted molar refractivity (Wildman–Crippen MR) is 69.6 cm³/mol. The molecule has 0 amide bonds. The van der Waals surface area contributed by atoms with Gasteiger partial charge in [-0.15, -0.1) is 0 Å². The lowest BCUT2D eigenvalue weighted by atomic mass is 10.1. The number of phosphoric ester groups is 1. The maximum atomic E-state index is 10.9. The monoisotopic (exact) mass is 304 g/mol. The first kappa shape index (κ1) is 16.7. The molecule has 0 radical (unpaired) electrons. The summed E-state index contributed by atoms with van der Waals surface area (Å²) >= 11 is 0. The zero-order valence-electron chi connectivity index (χ0n) is 11.4. The Morgan fingerprint density at radius 3 is 2.20 bits per heavy atom. The fourth-order valence-corrected chi connectivity index (χ4v) is 2.18. The Morgan fingerprint density at radius 1 is 1.35 bits per heavy atom. The molecule has 9 heteroatoms. The predicted octanol–water partition coefficient (Wildman–Crippen LogP) is 0.819. The molecule has 1 rings (SSSR count). The summed E-state index contributed by atoms with van der Waals surface area (Å²) in [5.74, 6) is 0. The van der Waals surface area contributed by atoms with Crippen molar-refractivity contribution in [1.29, 1.82) is 0 Å². The van der Waals surface area contributed by atoms with Gasteiger partial charge in [0.25, 0.3) is 13.5 Å². The van der Waals surface area contributed by atoms with E-state index in [-0.39, 0.29) is 12.2 Å². The standard InChI is InChI=1S/C11H17N2O6P/c1-13(2,3)8-11(19-20(16,17)18)9-4-6-10(7-5-9)12(14)15/h4-7,11H,8H2,1-3H3,(H-,16,17,18). The van der Waals surface area contributed by atoms with Gasteiger partial charge in [0.2, 0.25) is 0 Å². The molecular weight excluding hydrogens is 287 g/mol. The molecule has 1 N–H and O–H groups in total. The number of hydrogen-bond donors (Lipinski definition) is 1. The van der Waals surface area contributed by atoms with Crippen LogP contribution in [0.2, 0.25) is 0 Å². The van der Waals surface area contributed by atoms with Crippen LogP contribution in [0.25, 0.3) is 0 Å². The fraction of sp³-hybridized carbons (Fsp3) is 0.455. The van der Waals surface area contributed by atoms with Crippen molar-refractivity contribution < 1.29 is 28.3 Å². The molecule has 0 heterocycles. The van der Waals surface area contributed by atoms with Crippen LogP contribution in [0.3, 0.4) is 0 Å². The highest BCUT2D eigenvalue weighted by molar-refractivity contribution is 7.44. The molecule has 0 aliphatic carbocycles. The number of non-ortho nitro benzene ring substituents is 1. The van der Waals surface area contributed by atoms with Gasteiger partial charge in [0.1, 0.15) is 12.6 Å². The number of nitro groups is 1. The van der Waals surface area contributed by atoms with Gasteiger partial charge >= 0.3 is 0 Å². The molecule has 112 valence electrons. The fourth-order valence-electron chi connectivity index (χ4n) is 1.67. The van der Waals surface area contributed by atoms with E-state index in [0.717, 1.165) is 0 Å². The van der Waals surface area contributed by atoms with Gasteiger partial charge in [-0.3, -0.25) is 14.7 Å². The molecule has 20 heavy (non-hydrogen) atoms. The van der Waals surface area contributed by atoms with Crippen LogP contribution < -0.4 is 4.89 Å². The van der Waals surface area contributed by atoms with Gasteiger partial charge in [-0.1, -0.05) is 0 Å². The van der Waals surface area contributed by atoms with Crippen LogP contribution in [0.5, 0.6) is 0 Å². The molecule has 2 atom stereocenters. The van der Waals surface area contributed by atoms with Crippen molar-refractivity contribution in [3.05, 3.63) is 39.9 Å². The summed E-state index contributed by atoms with van der Waals surface area (Å²) in [4.78, 5) is 29.8. The molecule has 2 unspecified atom stereocenters. The smallest absolute Gasteiger partial charge is 0.269 e. The molecule has 1 aromatic carbocycles. The first-order valence-electron chi connectivity index (χ1n) is 5.75. The minimum Gasteiger partial charge on any atom is -0.756 e. The van der Waals surface area contributed by atoms with E-state index in [1.54, 1.807) is 0 Å². The van der Waals surface area contributed by atoms with Crippen LogP contribution in [0.4, 0.5) is 5.69 Å². The normalized spacial score (nSPS) is 16.4. The largest absolute Gasteiger partial charge is 0.756 e. The Labute approximate surface area is 116 Å². The molecule has 8 nitrogen and oxygen atoms in total. The first-order chi connectivity index (χ1) is 8.98. The highest BCUT2D eigenvalue weighted by atomic mass is 31.2. The minimum atomic E-state index is -4.90. The van der Waals surface area contributed by atoms with Crippen molar-refractivity contribution in [2.75, 3.05) is 27.7 Å². The van der Waals surface area contributed by atoms with Crippen LogP contribution in [-0.2, 0) is 9.09 Å². The van der Waals surface area contributed by atoms with Crippen LogP contribution in [-0.4, -0.2) is 42.0 Å². The van der Waals surface area contributed by atoms with Crippen molar-refractivity contribution >= 4 is 13.5 Å². The van der Waals surface area contributed by atoms with E-state index in [2.05, 4.69) is 4.52 Å². The second kappa shape index (κ2) is 5.99. The van der Waals surface area contributed by atoms with E-state index in [1.165, 1.54) is 24.3 Å². The van der Waals surface area contributed by atoms with E-state index < -0.39 is 18.8 Å². The van der Waals surface area contributed by atoms with Crippen molar-refractivity contribution in [3.8, 4) is 0 Å². The van der Waals surface area contributed by atoms with Crippen LogP contribution in [0.15, 0.2) is 24.3 Å². The maximum Gasteiger partial charge on any atom is 0.269 e. The number of phosphoric acid groups is 1. The molecule has 0 bridgehead atoms. The minimum absolute atomic E-state index is 0.105. The summed E-state index contributed by atoms with van der Waals surface area (Å²) in [5, 5.41) is 10.6. The molecule has 0 aliphatic rings. The van der Waals surface area contributed by atoms with Crippen molar-refractivity contribution in [3.63, 3.8) is 0 Å². The van der Waals surface area contributed by atoms with Crippen molar-refractivity contribution in [1.82, 2.24) is 0 Å². The summed E-state index contributed by atoms with van der Waals surface area (Å²) in [6, 6.07) is 5.34. The molecule has 0 aromatic heterocycles. The summed E-state index contributed by atoms with van der Waals surface area (Å²) < 4.78 is 16.0. The molecule has 1 aromatic rings. The quantitative estimate of drug-likeness (QED) is 0.360. The van der Waals surface area contributed by atoms with E-state index in [4.69, 9.17) is 4.89 Å². The van der Waals surface area contributed by atoms with E-state index >= 15 is 0 Å². The second-order valence-corrected chi connectivity index (χ2v) is 6.53. The van der Waals surface area contributed by atoms with Gasteiger partial charge in [-0.2, -0.15) is 0 Å². The van der Waals surface area contributed by atoms with Gasteiger partial charge in [0.15, 0.2) is 0 Å². The first-order valence-corrected chi connectivity index (χ1v) is 7.24. The number of nitrogens with zero attached hydrogens (tertiary/aromatic N) is 2. The van der Waals surface area contributed by atoms with Crippen LogP contribution in [0, 0.1) is 10.1 Å². The van der Waals surface area contributed by atoms with Gasteiger partial charge in [0.05, 0.1) is 26.1 Å². The molecule has 0 saturated carbocycles. The molecule has 0 spiro atoms. The SMILES string of the molecule is C[N+](C)(C)CC(OP(=O)([O-])O)c1ccc([N+](=O)[O-])cc1. The number of benzene rings is 1. The number of quaternary nitrogens is 1. The average molecular weight is 304 g/mol. The molecule has 0 fully saturated rings. The zero-order valence-corrected chi connectivity index (χ0v) is 12.3. The second-order valence-electron chi connectivity index (χ2n) is 5.38. The average Bonchev–Trinajstić information content (AvgIpc) is 2.24. The zero-order chi connectivity index (χ0) is 15.6. The number of hydrogen-bond acceptors (Lipinski definition) is 5. The summed E-state index contributed by atoms with van der Waals surface area (Å²) in [5.41, 5.74) is 0.334. The molecule has 0 aliphatic heterocycles. The lowest BCUT2D eigenvalue weighted by molar-refractivity contribution is -0.874. The third-order valence-electron chi connectivity index (χ3n) is 2.45. The summed E-state index contributed by atoms with van der Waals surface area (Å²) in [6.07, 6.45) is -0.913. The third-order valence-corrected chi connectivity index (χ3v) is 2.97. The Balaban J connectivity index is 3.03. The third kappa shape index (κ3) is 5.77. The van der Waals surface area contributed by atoms with Crippen LogP contribution in [0.1, 0.15) is 11.7 Å². The highest BCUT2D eigenvalue weighted by Gasteiger charge is 2.24. The van der Waals surface area contributed by atoms with E-state index in [1.807, 2.05) is 21.1 Å². The Hall–Kier alpha value is -1.31. The van der Waals surface area contributed by atoms with Crippen molar-refractivity contribution in [2.24, 2.45) is 0 Å². The highest BCUT2D eigenvalue weighted by Crippen LogP contribution is 2.39. The van der Waals surface area contributed by atoms with E-state index in [9.17, 15) is 19.6 Å². The number of nitro benzene ring substituents is 1. The Morgan fingerprint density at radius 2 is 1.85 bits per heavy atom. The summed E-state index contributed by atoms with van der Waals surface area (Å²) in [7, 11) is 0.587. The maximum absolute atomic E-state index is 10.9. The van der Waals surface area contributed by atoms with Gasteiger partial charge in [-0.05, 0) is 17.7 Å². The summed E-state index contributed by atoms with van der Waals surface area (Å²) in [6.45, 7) is 0.268. The Bertz CT molecular complexity index is 519. The van der Waals surface area contributed by atoms with E-state index in [0.29, 0.717) is 10.0 Å². The van der Waals surface area contributed by atoms with Crippen molar-refractivity contribution in [2.45, 2.75) is 6.10 Å². The number of rotatable bonds is 6. The van der Waals surface area contributed by atoms with Gasteiger partial charge in [-0.25, -0.2) is 0 Å². The van der Waals surface area contributed by atoms with Gasteiger partial charge < -0.3 is 18.8 Å². The topological polar surface area (TPSA) is 113 Å². The van der Waals surface area contributed by atoms with Crippen LogP contribution >= 0.6 is 7.82 Å². The van der Waals surface area contributed by atoms with Gasteiger partial charge in [0, 0.05) is 12.1 Å². The lowest BCUT2D eigenvalue weighted by Crippen LogP contribution is -2.39. The molecule has 0 saturated heterocycles.